The van der Waals surface area contributed by atoms with Crippen molar-refractivity contribution in [3.8, 4) is 5.75 Å². The molecule has 0 bridgehead atoms. The van der Waals surface area contributed by atoms with E-state index in [0.717, 1.165) is 25.7 Å². The summed E-state index contributed by atoms with van der Waals surface area (Å²) in [6, 6.07) is 14.1. The Kier molecular flexibility index (Phi) is 5.33. The third kappa shape index (κ3) is 4.38. The monoisotopic (exact) mass is 338 g/mol. The molecule has 0 spiro atoms. The maximum Gasteiger partial charge on any atom is 0.255 e. The Morgan fingerprint density at radius 2 is 1.60 bits per heavy atom. The average molecular weight is 338 g/mol. The van der Waals surface area contributed by atoms with Crippen LogP contribution in [0.2, 0.25) is 0 Å². The predicted molar refractivity (Wildman–Crippen MR) is 98.0 cm³/mol. The van der Waals surface area contributed by atoms with Crippen LogP contribution >= 0.6 is 0 Å². The van der Waals surface area contributed by atoms with Gasteiger partial charge in [0.1, 0.15) is 5.75 Å². The Labute approximate surface area is 147 Å². The third-order valence-electron chi connectivity index (χ3n) is 4.47. The van der Waals surface area contributed by atoms with Crippen molar-refractivity contribution >= 4 is 23.2 Å². The first kappa shape index (κ1) is 17.0. The van der Waals surface area contributed by atoms with Gasteiger partial charge in [-0.15, -0.1) is 0 Å². The van der Waals surface area contributed by atoms with Crippen LogP contribution in [0.15, 0.2) is 48.5 Å². The number of benzene rings is 2. The van der Waals surface area contributed by atoms with Gasteiger partial charge in [0.25, 0.3) is 5.91 Å². The molecule has 3 rings (SSSR count). The van der Waals surface area contributed by atoms with E-state index in [1.807, 2.05) is 12.1 Å². The molecule has 1 aliphatic rings. The molecular weight excluding hydrogens is 316 g/mol. The summed E-state index contributed by atoms with van der Waals surface area (Å²) in [5.74, 6) is 0.670. The lowest BCUT2D eigenvalue weighted by molar-refractivity contribution is -0.119. The Morgan fingerprint density at radius 3 is 2.24 bits per heavy atom. The fraction of sp³-hybridized carbons (Fsp3) is 0.300. The fourth-order valence-corrected chi connectivity index (χ4v) is 3.05. The van der Waals surface area contributed by atoms with Crippen molar-refractivity contribution in [2.24, 2.45) is 5.92 Å². The molecular formula is C20H22N2O3. The minimum atomic E-state index is -0.207. The molecule has 2 aromatic rings. The van der Waals surface area contributed by atoms with Crippen LogP contribution in [0.5, 0.6) is 5.75 Å². The number of ether oxygens (including phenoxy) is 1. The SMILES string of the molecule is COc1ccc(C(=O)Nc2cccc(NC(=O)C3CCCC3)c2)cc1. The topological polar surface area (TPSA) is 67.4 Å². The van der Waals surface area contributed by atoms with Gasteiger partial charge in [0.2, 0.25) is 5.91 Å². The number of carbonyl (C=O) groups is 2. The highest BCUT2D eigenvalue weighted by molar-refractivity contribution is 6.04. The first-order valence-corrected chi connectivity index (χ1v) is 8.52. The lowest BCUT2D eigenvalue weighted by Gasteiger charge is -2.12. The van der Waals surface area contributed by atoms with Gasteiger partial charge in [0.15, 0.2) is 0 Å². The number of anilines is 2. The maximum absolute atomic E-state index is 12.3. The summed E-state index contributed by atoms with van der Waals surface area (Å²) in [5.41, 5.74) is 1.88. The first-order chi connectivity index (χ1) is 12.2. The third-order valence-corrected chi connectivity index (χ3v) is 4.47. The predicted octanol–water partition coefficient (Wildman–Crippen LogP) is 4.08. The number of hydrogen-bond donors (Lipinski definition) is 2. The van der Waals surface area contributed by atoms with E-state index in [0.29, 0.717) is 22.7 Å². The molecule has 0 aromatic heterocycles. The summed E-state index contributed by atoms with van der Waals surface area (Å²) in [6.07, 6.45) is 4.16. The van der Waals surface area contributed by atoms with Gasteiger partial charge < -0.3 is 15.4 Å². The van der Waals surface area contributed by atoms with Gasteiger partial charge >= 0.3 is 0 Å². The quantitative estimate of drug-likeness (QED) is 0.863. The second kappa shape index (κ2) is 7.83. The lowest BCUT2D eigenvalue weighted by Crippen LogP contribution is -2.20. The van der Waals surface area contributed by atoms with Gasteiger partial charge in [-0.3, -0.25) is 9.59 Å². The van der Waals surface area contributed by atoms with Crippen molar-refractivity contribution in [1.82, 2.24) is 0 Å². The van der Waals surface area contributed by atoms with Gasteiger partial charge in [-0.05, 0) is 55.3 Å². The molecule has 0 unspecified atom stereocenters. The van der Waals surface area contributed by atoms with Crippen LogP contribution in [0.3, 0.4) is 0 Å². The van der Waals surface area contributed by atoms with Gasteiger partial charge in [0.05, 0.1) is 7.11 Å². The number of carbonyl (C=O) groups excluding carboxylic acids is 2. The van der Waals surface area contributed by atoms with Crippen molar-refractivity contribution in [3.63, 3.8) is 0 Å². The zero-order valence-electron chi connectivity index (χ0n) is 14.2. The van der Waals surface area contributed by atoms with E-state index in [-0.39, 0.29) is 17.7 Å². The van der Waals surface area contributed by atoms with Crippen molar-refractivity contribution in [1.29, 1.82) is 0 Å². The first-order valence-electron chi connectivity index (χ1n) is 8.52. The van der Waals surface area contributed by atoms with E-state index >= 15 is 0 Å². The summed E-state index contributed by atoms with van der Waals surface area (Å²) in [5, 5.41) is 5.79. The molecule has 0 heterocycles. The van der Waals surface area contributed by atoms with Crippen molar-refractivity contribution in [2.75, 3.05) is 17.7 Å². The summed E-state index contributed by atoms with van der Waals surface area (Å²) >= 11 is 0. The van der Waals surface area contributed by atoms with E-state index < -0.39 is 0 Å². The number of nitrogens with one attached hydrogen (secondary N) is 2. The molecule has 2 N–H and O–H groups in total. The summed E-state index contributed by atoms with van der Waals surface area (Å²) in [6.45, 7) is 0. The fourth-order valence-electron chi connectivity index (χ4n) is 3.05. The maximum atomic E-state index is 12.3. The molecule has 1 saturated carbocycles. The number of rotatable bonds is 5. The molecule has 5 heteroatoms. The van der Waals surface area contributed by atoms with E-state index in [1.54, 1.807) is 43.5 Å². The smallest absolute Gasteiger partial charge is 0.255 e. The number of methoxy groups -OCH3 is 1. The van der Waals surface area contributed by atoms with Crippen molar-refractivity contribution < 1.29 is 14.3 Å². The molecule has 5 nitrogen and oxygen atoms in total. The summed E-state index contributed by atoms with van der Waals surface area (Å²) in [7, 11) is 1.58. The molecule has 25 heavy (non-hydrogen) atoms. The summed E-state index contributed by atoms with van der Waals surface area (Å²) < 4.78 is 5.09. The van der Waals surface area contributed by atoms with Crippen LogP contribution in [-0.4, -0.2) is 18.9 Å². The van der Waals surface area contributed by atoms with Gasteiger partial charge in [-0.1, -0.05) is 18.9 Å². The number of hydrogen-bond acceptors (Lipinski definition) is 3. The van der Waals surface area contributed by atoms with E-state index in [1.165, 1.54) is 0 Å². The Hall–Kier alpha value is -2.82. The van der Waals surface area contributed by atoms with Crippen LogP contribution in [0.4, 0.5) is 11.4 Å². The highest BCUT2D eigenvalue weighted by atomic mass is 16.5. The molecule has 0 radical (unpaired) electrons. The molecule has 0 saturated heterocycles. The summed E-state index contributed by atoms with van der Waals surface area (Å²) in [4.78, 5) is 24.5. The van der Waals surface area contributed by atoms with Gasteiger partial charge in [-0.25, -0.2) is 0 Å². The standard InChI is InChI=1S/C20H22N2O3/c1-25-18-11-9-15(10-12-18)20(24)22-17-8-4-7-16(13-17)21-19(23)14-5-2-3-6-14/h4,7-14H,2-3,5-6H2,1H3,(H,21,23)(H,22,24). The van der Waals surface area contributed by atoms with E-state index in [2.05, 4.69) is 10.6 Å². The molecule has 0 aliphatic heterocycles. The average Bonchev–Trinajstić information content (AvgIpc) is 3.17. The normalized spacial score (nSPS) is 14.1. The zero-order valence-corrected chi connectivity index (χ0v) is 14.2. The lowest BCUT2D eigenvalue weighted by atomic mass is 10.1. The minimum Gasteiger partial charge on any atom is -0.497 e. The van der Waals surface area contributed by atoms with Crippen LogP contribution in [0.1, 0.15) is 36.0 Å². The minimum absolute atomic E-state index is 0.0659. The van der Waals surface area contributed by atoms with Crippen LogP contribution < -0.4 is 15.4 Å². The molecule has 1 aliphatic carbocycles. The van der Waals surface area contributed by atoms with Gasteiger partial charge in [-0.2, -0.15) is 0 Å². The molecule has 2 amide bonds. The number of amides is 2. The van der Waals surface area contributed by atoms with Crippen LogP contribution in [0, 0.1) is 5.92 Å². The highest BCUT2D eigenvalue weighted by Gasteiger charge is 2.22. The largest absolute Gasteiger partial charge is 0.497 e. The Morgan fingerprint density at radius 1 is 0.960 bits per heavy atom. The zero-order chi connectivity index (χ0) is 17.6. The van der Waals surface area contributed by atoms with Crippen molar-refractivity contribution in [2.45, 2.75) is 25.7 Å². The van der Waals surface area contributed by atoms with Crippen molar-refractivity contribution in [3.05, 3.63) is 54.1 Å². The molecule has 2 aromatic carbocycles. The van der Waals surface area contributed by atoms with E-state index in [9.17, 15) is 9.59 Å². The van der Waals surface area contributed by atoms with Gasteiger partial charge in [0, 0.05) is 22.9 Å². The van der Waals surface area contributed by atoms with E-state index in [4.69, 9.17) is 4.74 Å². The Balaban J connectivity index is 1.64. The molecule has 0 atom stereocenters. The second-order valence-electron chi connectivity index (χ2n) is 6.23. The second-order valence-corrected chi connectivity index (χ2v) is 6.23. The molecule has 130 valence electrons. The van der Waals surface area contributed by atoms with Crippen LogP contribution in [-0.2, 0) is 4.79 Å². The van der Waals surface area contributed by atoms with Crippen LogP contribution in [0.25, 0.3) is 0 Å². The Bertz CT molecular complexity index is 750. The highest BCUT2D eigenvalue weighted by Crippen LogP contribution is 2.26. The molecule has 1 fully saturated rings.